The van der Waals surface area contributed by atoms with Crippen molar-refractivity contribution in [2.45, 2.75) is 47.0 Å². The number of hydrogen-bond donors (Lipinski definition) is 0. The first-order valence-corrected chi connectivity index (χ1v) is 11.9. The zero-order valence-electron chi connectivity index (χ0n) is 17.2. The average molecular weight is 391 g/mol. The Hall–Kier alpha value is -1.47. The number of hydrazone groups is 1. The summed E-state index contributed by atoms with van der Waals surface area (Å²) in [4.78, 5) is 0. The highest BCUT2D eigenvalue weighted by atomic mass is 28.4. The van der Waals surface area contributed by atoms with Crippen molar-refractivity contribution in [3.63, 3.8) is 0 Å². The first-order chi connectivity index (χ1) is 13.1. The molecule has 0 unspecified atom stereocenters. The SMILES string of the molecule is CCO[Si](/C=C/c1cccc(C)c1/C=N/N1CCCCC1)(OCC)OCC. The second-order valence-electron chi connectivity index (χ2n) is 6.57. The predicted octanol–water partition coefficient (Wildman–Crippen LogP) is 4.42. The molecule has 1 fully saturated rings. The van der Waals surface area contributed by atoms with Crippen molar-refractivity contribution in [3.8, 4) is 0 Å². The van der Waals surface area contributed by atoms with Crippen LogP contribution in [0.3, 0.4) is 0 Å². The summed E-state index contributed by atoms with van der Waals surface area (Å²) in [5, 5.41) is 6.89. The maximum Gasteiger partial charge on any atom is 0.529 e. The van der Waals surface area contributed by atoms with Gasteiger partial charge < -0.3 is 13.3 Å². The molecule has 5 nitrogen and oxygen atoms in total. The van der Waals surface area contributed by atoms with E-state index in [1.807, 2.05) is 32.7 Å². The monoisotopic (exact) mass is 390 g/mol. The molecule has 0 spiro atoms. The van der Waals surface area contributed by atoms with Gasteiger partial charge in [0, 0.05) is 38.5 Å². The van der Waals surface area contributed by atoms with Gasteiger partial charge in [0.25, 0.3) is 0 Å². The van der Waals surface area contributed by atoms with Crippen LogP contribution < -0.4 is 0 Å². The largest absolute Gasteiger partial charge is 0.529 e. The Balaban J connectivity index is 2.26. The fraction of sp³-hybridized carbons (Fsp3) is 0.571. The van der Waals surface area contributed by atoms with Crippen LogP contribution in [0, 0.1) is 6.92 Å². The van der Waals surface area contributed by atoms with E-state index in [0.29, 0.717) is 19.8 Å². The second-order valence-corrected chi connectivity index (χ2v) is 8.98. The van der Waals surface area contributed by atoms with Gasteiger partial charge in [0.15, 0.2) is 0 Å². The summed E-state index contributed by atoms with van der Waals surface area (Å²) < 4.78 is 17.8. The molecule has 1 saturated heterocycles. The van der Waals surface area contributed by atoms with E-state index in [2.05, 4.69) is 36.2 Å². The summed E-state index contributed by atoms with van der Waals surface area (Å²) in [6.45, 7) is 11.8. The first kappa shape index (κ1) is 21.8. The van der Waals surface area contributed by atoms with Gasteiger partial charge in [-0.15, -0.1) is 0 Å². The van der Waals surface area contributed by atoms with E-state index in [1.54, 1.807) is 0 Å². The van der Waals surface area contributed by atoms with E-state index >= 15 is 0 Å². The minimum Gasteiger partial charge on any atom is -0.371 e. The third-order valence-corrected chi connectivity index (χ3v) is 7.19. The van der Waals surface area contributed by atoms with E-state index in [0.717, 1.165) is 24.2 Å². The van der Waals surface area contributed by atoms with Crippen molar-refractivity contribution < 1.29 is 13.3 Å². The molecule has 1 aromatic carbocycles. The van der Waals surface area contributed by atoms with Crippen LogP contribution >= 0.6 is 0 Å². The summed E-state index contributed by atoms with van der Waals surface area (Å²) >= 11 is 0. The Morgan fingerprint density at radius 2 is 1.63 bits per heavy atom. The van der Waals surface area contributed by atoms with Crippen LogP contribution in [0.25, 0.3) is 6.08 Å². The molecular weight excluding hydrogens is 356 g/mol. The molecule has 1 aromatic rings. The molecule has 0 radical (unpaired) electrons. The van der Waals surface area contributed by atoms with Gasteiger partial charge in [-0.1, -0.05) is 24.3 Å². The number of benzene rings is 1. The highest BCUT2D eigenvalue weighted by Crippen LogP contribution is 2.19. The molecule has 0 amide bonds. The molecule has 0 aliphatic carbocycles. The molecule has 0 N–H and O–H groups in total. The van der Waals surface area contributed by atoms with Crippen molar-refractivity contribution in [2.75, 3.05) is 32.9 Å². The smallest absolute Gasteiger partial charge is 0.371 e. The Kier molecular flexibility index (Phi) is 9.20. The zero-order chi connectivity index (χ0) is 19.5. The number of hydrogen-bond acceptors (Lipinski definition) is 5. The maximum absolute atomic E-state index is 5.92. The molecule has 6 heteroatoms. The third-order valence-electron chi connectivity index (χ3n) is 4.54. The van der Waals surface area contributed by atoms with Crippen LogP contribution in [0.4, 0.5) is 0 Å². The number of aryl methyl sites for hydroxylation is 1. The topological polar surface area (TPSA) is 43.3 Å². The zero-order valence-corrected chi connectivity index (χ0v) is 18.2. The van der Waals surface area contributed by atoms with Crippen molar-refractivity contribution >= 4 is 21.1 Å². The second kappa shape index (κ2) is 11.4. The van der Waals surface area contributed by atoms with Gasteiger partial charge in [0.1, 0.15) is 0 Å². The van der Waals surface area contributed by atoms with Crippen molar-refractivity contribution in [2.24, 2.45) is 5.10 Å². The lowest BCUT2D eigenvalue weighted by Crippen LogP contribution is -2.44. The standard InChI is InChI=1S/C21H34N2O3Si/c1-5-24-27(25-6-2,26-7-3)17-14-20-13-11-12-19(4)21(20)18-22-23-15-9-8-10-16-23/h11-14,17-18H,5-10,15-16H2,1-4H3/b17-14+,22-18+. The molecular formula is C21H34N2O3Si. The third kappa shape index (κ3) is 6.57. The molecule has 27 heavy (non-hydrogen) atoms. The van der Waals surface area contributed by atoms with Crippen LogP contribution in [0.2, 0.25) is 0 Å². The summed E-state index contributed by atoms with van der Waals surface area (Å²) in [7, 11) is -2.81. The Morgan fingerprint density at radius 3 is 2.22 bits per heavy atom. The lowest BCUT2D eigenvalue weighted by molar-refractivity contribution is 0.0845. The van der Waals surface area contributed by atoms with Crippen molar-refractivity contribution in [1.29, 1.82) is 0 Å². The van der Waals surface area contributed by atoms with E-state index in [1.165, 1.54) is 24.8 Å². The van der Waals surface area contributed by atoms with Gasteiger partial charge in [0.05, 0.1) is 6.21 Å². The van der Waals surface area contributed by atoms with Gasteiger partial charge in [-0.25, -0.2) is 0 Å². The molecule has 0 aromatic heterocycles. The quantitative estimate of drug-likeness (QED) is 0.438. The number of piperidine rings is 1. The van der Waals surface area contributed by atoms with E-state index in [-0.39, 0.29) is 0 Å². The molecule has 1 heterocycles. The minimum atomic E-state index is -2.81. The summed E-state index contributed by atoms with van der Waals surface area (Å²) in [6.07, 6.45) is 7.82. The van der Waals surface area contributed by atoms with Crippen molar-refractivity contribution in [3.05, 3.63) is 40.6 Å². The molecule has 0 bridgehead atoms. The number of rotatable bonds is 10. The Bertz CT molecular complexity index is 611. The van der Waals surface area contributed by atoms with E-state index in [9.17, 15) is 0 Å². The van der Waals surface area contributed by atoms with Crippen LogP contribution in [0.1, 0.15) is 56.7 Å². The van der Waals surface area contributed by atoms with Crippen LogP contribution in [-0.4, -0.2) is 52.9 Å². The van der Waals surface area contributed by atoms with Crippen LogP contribution in [-0.2, 0) is 13.3 Å². The molecule has 1 aliphatic heterocycles. The van der Waals surface area contributed by atoms with E-state index in [4.69, 9.17) is 18.4 Å². The van der Waals surface area contributed by atoms with Crippen molar-refractivity contribution in [1.82, 2.24) is 5.01 Å². The van der Waals surface area contributed by atoms with Gasteiger partial charge in [-0.3, -0.25) is 5.01 Å². The molecule has 0 saturated carbocycles. The molecule has 2 rings (SSSR count). The van der Waals surface area contributed by atoms with Crippen LogP contribution in [0.15, 0.2) is 29.0 Å². The number of nitrogens with zero attached hydrogens (tertiary/aromatic N) is 2. The first-order valence-electron chi connectivity index (χ1n) is 10.1. The van der Waals surface area contributed by atoms with E-state index < -0.39 is 8.80 Å². The summed E-state index contributed by atoms with van der Waals surface area (Å²) in [5.41, 5.74) is 5.43. The fourth-order valence-corrected chi connectivity index (χ4v) is 5.35. The summed E-state index contributed by atoms with van der Waals surface area (Å²) in [5.74, 6) is 0. The van der Waals surface area contributed by atoms with Gasteiger partial charge in [-0.05, 0) is 63.8 Å². The lowest BCUT2D eigenvalue weighted by atomic mass is 10.0. The predicted molar refractivity (Wildman–Crippen MR) is 114 cm³/mol. The average Bonchev–Trinajstić information content (AvgIpc) is 2.67. The molecule has 0 atom stereocenters. The Morgan fingerprint density at radius 1 is 1.00 bits per heavy atom. The highest BCUT2D eigenvalue weighted by Gasteiger charge is 2.37. The maximum atomic E-state index is 5.92. The normalized spacial score (nSPS) is 15.9. The van der Waals surface area contributed by atoms with Gasteiger partial charge >= 0.3 is 8.80 Å². The highest BCUT2D eigenvalue weighted by molar-refractivity contribution is 6.67. The van der Waals surface area contributed by atoms with Gasteiger partial charge in [-0.2, -0.15) is 5.10 Å². The summed E-state index contributed by atoms with van der Waals surface area (Å²) in [6, 6.07) is 6.29. The molecule has 1 aliphatic rings. The lowest BCUT2D eigenvalue weighted by Gasteiger charge is -2.25. The Labute approximate surface area is 165 Å². The minimum absolute atomic E-state index is 0.563. The molecule has 150 valence electrons. The van der Waals surface area contributed by atoms with Crippen LogP contribution in [0.5, 0.6) is 0 Å². The fourth-order valence-electron chi connectivity index (χ4n) is 3.22. The van der Waals surface area contributed by atoms with Gasteiger partial charge in [0.2, 0.25) is 0 Å².